The first-order chi connectivity index (χ1) is 26.6. The number of nitrogens with zero attached hydrogens (tertiary/aromatic N) is 1. The van der Waals surface area contributed by atoms with Crippen LogP contribution in [0.5, 0.6) is 0 Å². The van der Waals surface area contributed by atoms with Gasteiger partial charge in [-0.05, 0) is 57.8 Å². The lowest BCUT2D eigenvalue weighted by molar-refractivity contribution is -0.889. The minimum absolute atomic E-state index is 0.00938. The number of carboxylic acid groups (broad SMARTS) is 1. The molecule has 312 valence electrons. The number of carbonyl (C=O) groups is 3. The Morgan fingerprint density at radius 3 is 1.53 bits per heavy atom. The molecule has 0 aliphatic heterocycles. The molecule has 8 heteroatoms. The van der Waals surface area contributed by atoms with Gasteiger partial charge in [0.25, 0.3) is 0 Å². The van der Waals surface area contributed by atoms with E-state index in [2.05, 4.69) is 50.3 Å². The third-order valence-electron chi connectivity index (χ3n) is 8.92. The fourth-order valence-corrected chi connectivity index (χ4v) is 5.61. The minimum atomic E-state index is -1.14. The second kappa shape index (κ2) is 37.4. The van der Waals surface area contributed by atoms with Crippen molar-refractivity contribution in [1.82, 2.24) is 0 Å². The van der Waals surface area contributed by atoms with E-state index in [1.54, 1.807) is 21.1 Å². The van der Waals surface area contributed by atoms with Crippen LogP contribution in [0, 0.1) is 0 Å². The average Bonchev–Trinajstić information content (AvgIpc) is 3.14. The van der Waals surface area contributed by atoms with E-state index in [0.29, 0.717) is 12.8 Å². The fourth-order valence-electron chi connectivity index (χ4n) is 5.61. The molecule has 55 heavy (non-hydrogen) atoms. The molecule has 0 aliphatic carbocycles. The predicted octanol–water partition coefficient (Wildman–Crippen LogP) is 10.0. The highest BCUT2D eigenvalue weighted by atomic mass is 16.6. The fraction of sp³-hybridized carbons (Fsp3) is 0.638. The smallest absolute Gasteiger partial charge is 0.306 e. The monoisotopic (exact) mass is 768 g/mol. The topological polar surface area (TPSA) is 102 Å². The molecule has 0 aromatic carbocycles. The normalized spacial score (nSPS) is 13.8. The number of esters is 2. The van der Waals surface area contributed by atoms with Crippen LogP contribution in [-0.2, 0) is 28.6 Å². The van der Waals surface area contributed by atoms with Crippen molar-refractivity contribution in [2.24, 2.45) is 0 Å². The molecule has 0 rings (SSSR count). The molecule has 0 saturated heterocycles. The van der Waals surface area contributed by atoms with Gasteiger partial charge in [-0.25, -0.2) is 0 Å². The van der Waals surface area contributed by atoms with Gasteiger partial charge in [0.05, 0.1) is 40.3 Å². The molecule has 0 saturated carbocycles. The number of unbranched alkanes of at least 4 members (excludes halogenated alkanes) is 13. The predicted molar refractivity (Wildman–Crippen MR) is 226 cm³/mol. The summed E-state index contributed by atoms with van der Waals surface area (Å²) < 4.78 is 17.1. The molecule has 0 bridgehead atoms. The van der Waals surface area contributed by atoms with Crippen molar-refractivity contribution in [2.45, 2.75) is 154 Å². The molecule has 0 fully saturated rings. The van der Waals surface area contributed by atoms with Gasteiger partial charge in [-0.15, -0.1) is 0 Å². The van der Waals surface area contributed by atoms with Gasteiger partial charge < -0.3 is 28.6 Å². The zero-order valence-electron chi connectivity index (χ0n) is 35.3. The summed E-state index contributed by atoms with van der Waals surface area (Å²) >= 11 is 0. The second-order valence-electron chi connectivity index (χ2n) is 15.0. The van der Waals surface area contributed by atoms with Crippen LogP contribution in [-0.4, -0.2) is 75.5 Å². The number of rotatable bonds is 36. The molecule has 0 aliphatic rings. The van der Waals surface area contributed by atoms with Gasteiger partial charge in [0.1, 0.15) is 12.6 Å². The Kier molecular flexibility index (Phi) is 35.1. The summed E-state index contributed by atoms with van der Waals surface area (Å²) in [5, 5.41) is 11.6. The lowest BCUT2D eigenvalue weighted by Crippen LogP contribution is -2.55. The first kappa shape index (κ1) is 51.5. The summed E-state index contributed by atoms with van der Waals surface area (Å²) in [7, 11) is 5.37. The van der Waals surface area contributed by atoms with Crippen LogP contribution in [0.4, 0.5) is 0 Å². The Morgan fingerprint density at radius 1 is 0.564 bits per heavy atom. The number of likely N-dealkylation sites (N-methyl/N-ethyl adjacent to an activating group) is 1. The van der Waals surface area contributed by atoms with Gasteiger partial charge in [-0.1, -0.05) is 150 Å². The van der Waals surface area contributed by atoms with Crippen molar-refractivity contribution in [3.63, 3.8) is 0 Å². The standard InChI is InChI=1S/C47H77NO7/c1-6-8-10-12-14-16-18-20-22-24-25-27-29-31-33-35-37-45(49)54-42-43(41-53-40-39-44(47(51)52)48(3,4)5)55-46(50)38-36-34-32-30-28-26-23-21-19-17-15-13-11-9-7-2/h9,11,13,15,17,19,21-28,43-44H,6-8,10,12,14,16,18,20,29-42H2,1-5H3/b11-9+,15-13+,19-17+,23-21+,24-22+,27-25+,28-26+. The third-order valence-corrected chi connectivity index (χ3v) is 8.92. The first-order valence-corrected chi connectivity index (χ1v) is 21.2. The number of hydrogen-bond acceptors (Lipinski definition) is 7. The maximum absolute atomic E-state index is 12.7. The quantitative estimate of drug-likeness (QED) is 0.0271. The number of carbonyl (C=O) groups excluding carboxylic acids is 3. The van der Waals surface area contributed by atoms with Crippen LogP contribution in [0.25, 0.3) is 0 Å². The molecule has 2 atom stereocenters. The largest absolute Gasteiger partial charge is 0.544 e. The number of aliphatic carboxylic acids is 1. The van der Waals surface area contributed by atoms with Crippen molar-refractivity contribution in [2.75, 3.05) is 41.0 Å². The van der Waals surface area contributed by atoms with E-state index in [1.807, 2.05) is 48.6 Å². The van der Waals surface area contributed by atoms with E-state index >= 15 is 0 Å². The summed E-state index contributed by atoms with van der Waals surface area (Å²) in [6, 6.07) is -0.742. The van der Waals surface area contributed by atoms with Crippen LogP contribution in [0.15, 0.2) is 85.1 Å². The van der Waals surface area contributed by atoms with E-state index in [-0.39, 0.29) is 49.1 Å². The van der Waals surface area contributed by atoms with Crippen LogP contribution in [0.3, 0.4) is 0 Å². The Labute approximate surface area is 335 Å². The molecule has 0 amide bonds. The molecule has 0 spiro atoms. The summed E-state index contributed by atoms with van der Waals surface area (Å²) in [5.74, 6) is -1.84. The Hall–Kier alpha value is -3.49. The Morgan fingerprint density at radius 2 is 1.02 bits per heavy atom. The number of carboxylic acids is 1. The SMILES string of the molecule is CC/C=C/C=C/C=C/C=C/C=C/CCCCCC(=O)OC(COCCC(C(=O)[O-])[N+](C)(C)C)COC(=O)CCCCC/C=C/C=C/CCCCCCCCC. The van der Waals surface area contributed by atoms with Crippen LogP contribution >= 0.6 is 0 Å². The number of ether oxygens (including phenoxy) is 3. The lowest BCUT2D eigenvalue weighted by atomic mass is 10.1. The summed E-state index contributed by atoms with van der Waals surface area (Å²) in [6.07, 6.45) is 47.5. The highest BCUT2D eigenvalue weighted by molar-refractivity contribution is 5.70. The Balaban J connectivity index is 4.52. The molecule has 0 aromatic rings. The summed E-state index contributed by atoms with van der Waals surface area (Å²) in [5.41, 5.74) is 0. The first-order valence-electron chi connectivity index (χ1n) is 21.2. The average molecular weight is 768 g/mol. The van der Waals surface area contributed by atoms with E-state index in [1.165, 1.54) is 44.9 Å². The minimum Gasteiger partial charge on any atom is -0.544 e. The van der Waals surface area contributed by atoms with Crippen molar-refractivity contribution >= 4 is 17.9 Å². The van der Waals surface area contributed by atoms with Crippen LogP contribution in [0.1, 0.15) is 142 Å². The van der Waals surface area contributed by atoms with Crippen LogP contribution < -0.4 is 5.11 Å². The number of allylic oxidation sites excluding steroid dienone is 14. The molecular weight excluding hydrogens is 691 g/mol. The number of quaternary nitrogens is 1. The molecule has 0 aromatic heterocycles. The lowest BCUT2D eigenvalue weighted by Gasteiger charge is -2.34. The van der Waals surface area contributed by atoms with Crippen molar-refractivity contribution in [3.8, 4) is 0 Å². The second-order valence-corrected chi connectivity index (χ2v) is 15.0. The van der Waals surface area contributed by atoms with E-state index < -0.39 is 18.1 Å². The van der Waals surface area contributed by atoms with Gasteiger partial charge in [0, 0.05) is 19.3 Å². The molecule has 0 radical (unpaired) electrons. The van der Waals surface area contributed by atoms with Crippen molar-refractivity contribution < 1.29 is 38.2 Å². The van der Waals surface area contributed by atoms with E-state index in [9.17, 15) is 19.5 Å². The molecule has 8 nitrogen and oxygen atoms in total. The molecule has 0 N–H and O–H groups in total. The van der Waals surface area contributed by atoms with Gasteiger partial charge >= 0.3 is 11.9 Å². The number of hydrogen-bond donors (Lipinski definition) is 0. The molecule has 0 heterocycles. The zero-order valence-corrected chi connectivity index (χ0v) is 35.3. The van der Waals surface area contributed by atoms with Crippen LogP contribution in [0.2, 0.25) is 0 Å². The highest BCUT2D eigenvalue weighted by Gasteiger charge is 2.25. The maximum Gasteiger partial charge on any atom is 0.306 e. The summed E-state index contributed by atoms with van der Waals surface area (Å²) in [4.78, 5) is 36.8. The molecular formula is C47H77NO7. The van der Waals surface area contributed by atoms with Gasteiger partial charge in [0.15, 0.2) is 6.10 Å². The van der Waals surface area contributed by atoms with Crippen molar-refractivity contribution in [1.29, 1.82) is 0 Å². The van der Waals surface area contributed by atoms with Crippen molar-refractivity contribution in [3.05, 3.63) is 85.1 Å². The van der Waals surface area contributed by atoms with Gasteiger partial charge in [-0.3, -0.25) is 9.59 Å². The van der Waals surface area contributed by atoms with E-state index in [4.69, 9.17) is 14.2 Å². The van der Waals surface area contributed by atoms with E-state index in [0.717, 1.165) is 57.8 Å². The maximum atomic E-state index is 12.7. The summed E-state index contributed by atoms with van der Waals surface area (Å²) in [6.45, 7) is 4.41. The van der Waals surface area contributed by atoms with Gasteiger partial charge in [-0.2, -0.15) is 0 Å². The zero-order chi connectivity index (χ0) is 40.7. The molecule has 2 unspecified atom stereocenters. The van der Waals surface area contributed by atoms with Gasteiger partial charge in [0.2, 0.25) is 0 Å². The third kappa shape index (κ3) is 35.9. The highest BCUT2D eigenvalue weighted by Crippen LogP contribution is 2.12. The Bertz CT molecular complexity index is 1170.